The Morgan fingerprint density at radius 3 is 2.60 bits per heavy atom. The number of carbonyl (C=O) groups excluding carboxylic acids is 2. The maximum atomic E-state index is 11.7. The van der Waals surface area contributed by atoms with Gasteiger partial charge in [0.1, 0.15) is 11.4 Å². The molecular formula is C17H17N3O5. The van der Waals surface area contributed by atoms with E-state index in [-0.39, 0.29) is 24.7 Å². The zero-order valence-corrected chi connectivity index (χ0v) is 13.3. The van der Waals surface area contributed by atoms with Crippen molar-refractivity contribution in [1.82, 2.24) is 5.32 Å². The molecule has 2 aromatic rings. The van der Waals surface area contributed by atoms with Gasteiger partial charge in [0.15, 0.2) is 12.9 Å². The molecule has 2 N–H and O–H groups in total. The molecule has 0 spiro atoms. The van der Waals surface area contributed by atoms with Crippen LogP contribution in [0.4, 0.5) is 11.4 Å². The highest BCUT2D eigenvalue weighted by molar-refractivity contribution is 5.80. The molecule has 0 saturated heterocycles. The highest BCUT2D eigenvalue weighted by atomic mass is 16.6. The van der Waals surface area contributed by atoms with Gasteiger partial charge in [0.05, 0.1) is 10.5 Å². The van der Waals surface area contributed by atoms with Crippen LogP contribution in [0.3, 0.4) is 0 Å². The Labute approximate surface area is 144 Å². The van der Waals surface area contributed by atoms with Crippen molar-refractivity contribution in [3.8, 4) is 5.75 Å². The Hall–Kier alpha value is -3.42. The molecule has 0 fully saturated rings. The van der Waals surface area contributed by atoms with Crippen molar-refractivity contribution in [2.45, 2.75) is 0 Å². The second-order valence-corrected chi connectivity index (χ2v) is 5.00. The van der Waals surface area contributed by atoms with Crippen molar-refractivity contribution >= 4 is 23.6 Å². The summed E-state index contributed by atoms with van der Waals surface area (Å²) in [4.78, 5) is 33.0. The lowest BCUT2D eigenvalue weighted by molar-refractivity contribution is -0.384. The van der Waals surface area contributed by atoms with Crippen molar-refractivity contribution in [1.29, 1.82) is 0 Å². The molecule has 0 heterocycles. The highest BCUT2D eigenvalue weighted by Gasteiger charge is 2.11. The lowest BCUT2D eigenvalue weighted by Crippen LogP contribution is -2.32. The van der Waals surface area contributed by atoms with Crippen LogP contribution >= 0.6 is 0 Å². The molecule has 0 atom stereocenters. The Morgan fingerprint density at radius 1 is 1.12 bits per heavy atom. The first-order valence-corrected chi connectivity index (χ1v) is 7.53. The maximum absolute atomic E-state index is 11.7. The van der Waals surface area contributed by atoms with Gasteiger partial charge in [0.25, 0.3) is 11.6 Å². The first-order chi connectivity index (χ1) is 12.1. The summed E-state index contributed by atoms with van der Waals surface area (Å²) in [6.07, 6.45) is 0.657. The number of amides is 1. The van der Waals surface area contributed by atoms with E-state index in [0.717, 1.165) is 0 Å². The Bertz CT molecular complexity index is 763. The number of hydrogen-bond acceptors (Lipinski definition) is 6. The second kappa shape index (κ2) is 9.02. The fraction of sp³-hybridized carbons (Fsp3) is 0.176. The number of aldehydes is 1. The third kappa shape index (κ3) is 5.31. The molecule has 130 valence electrons. The smallest absolute Gasteiger partial charge is 0.292 e. The molecule has 0 aliphatic rings. The average Bonchev–Trinajstić information content (AvgIpc) is 2.64. The van der Waals surface area contributed by atoms with Gasteiger partial charge in [0, 0.05) is 19.2 Å². The van der Waals surface area contributed by atoms with Crippen LogP contribution in [0.15, 0.2) is 48.5 Å². The van der Waals surface area contributed by atoms with Gasteiger partial charge in [-0.3, -0.25) is 19.7 Å². The number of para-hydroxylation sites is 3. The van der Waals surface area contributed by atoms with Gasteiger partial charge in [-0.25, -0.2) is 0 Å². The lowest BCUT2D eigenvalue weighted by atomic mass is 10.2. The molecule has 1 amide bonds. The molecule has 8 heteroatoms. The van der Waals surface area contributed by atoms with E-state index in [4.69, 9.17) is 4.74 Å². The average molecular weight is 343 g/mol. The summed E-state index contributed by atoms with van der Waals surface area (Å²) in [5.41, 5.74) is 0.730. The van der Waals surface area contributed by atoms with Crippen molar-refractivity contribution in [3.05, 3.63) is 64.2 Å². The summed E-state index contributed by atoms with van der Waals surface area (Å²) in [6, 6.07) is 12.9. The molecule has 25 heavy (non-hydrogen) atoms. The molecule has 8 nitrogen and oxygen atoms in total. The van der Waals surface area contributed by atoms with Crippen LogP contribution in [-0.4, -0.2) is 36.8 Å². The molecule has 2 aromatic carbocycles. The highest BCUT2D eigenvalue weighted by Crippen LogP contribution is 2.22. The normalized spacial score (nSPS) is 9.92. The third-order valence-corrected chi connectivity index (χ3v) is 3.27. The minimum absolute atomic E-state index is 0.0253. The van der Waals surface area contributed by atoms with Crippen molar-refractivity contribution in [3.63, 3.8) is 0 Å². The van der Waals surface area contributed by atoms with E-state index in [1.54, 1.807) is 42.5 Å². The Balaban J connectivity index is 1.74. The van der Waals surface area contributed by atoms with Crippen LogP contribution < -0.4 is 15.4 Å². The molecule has 0 aromatic heterocycles. The predicted molar refractivity (Wildman–Crippen MR) is 91.9 cm³/mol. The Morgan fingerprint density at radius 2 is 1.84 bits per heavy atom. The van der Waals surface area contributed by atoms with Crippen LogP contribution in [-0.2, 0) is 4.79 Å². The SMILES string of the molecule is O=Cc1ccccc1OCC(=O)NCCNc1ccccc1[N+](=O)[O-]. The lowest BCUT2D eigenvalue weighted by Gasteiger charge is -2.10. The van der Waals surface area contributed by atoms with Gasteiger partial charge in [-0.2, -0.15) is 0 Å². The van der Waals surface area contributed by atoms with E-state index in [1.807, 2.05) is 0 Å². The molecule has 0 bridgehead atoms. The molecule has 0 saturated carbocycles. The van der Waals surface area contributed by atoms with Crippen LogP contribution in [0.2, 0.25) is 0 Å². The van der Waals surface area contributed by atoms with Gasteiger partial charge in [-0.05, 0) is 18.2 Å². The number of benzene rings is 2. The van der Waals surface area contributed by atoms with Crippen LogP contribution in [0, 0.1) is 10.1 Å². The number of nitrogens with one attached hydrogen (secondary N) is 2. The zero-order valence-electron chi connectivity index (χ0n) is 13.3. The number of nitro groups is 1. The number of nitrogens with zero attached hydrogens (tertiary/aromatic N) is 1. The quantitative estimate of drug-likeness (QED) is 0.312. The summed E-state index contributed by atoms with van der Waals surface area (Å²) in [6.45, 7) is 0.363. The van der Waals surface area contributed by atoms with Crippen molar-refractivity contribution in [2.24, 2.45) is 0 Å². The first-order valence-electron chi connectivity index (χ1n) is 7.53. The summed E-state index contributed by atoms with van der Waals surface area (Å²) in [7, 11) is 0. The first kappa shape index (κ1) is 17.9. The minimum Gasteiger partial charge on any atom is -0.483 e. The zero-order chi connectivity index (χ0) is 18.1. The summed E-state index contributed by atoms with van der Waals surface area (Å²) in [5.74, 6) is -0.0178. The minimum atomic E-state index is -0.473. The van der Waals surface area contributed by atoms with E-state index in [2.05, 4.69) is 10.6 Å². The van der Waals surface area contributed by atoms with E-state index >= 15 is 0 Å². The number of hydrogen-bond donors (Lipinski definition) is 2. The van der Waals surface area contributed by atoms with Gasteiger partial charge in [0.2, 0.25) is 0 Å². The second-order valence-electron chi connectivity index (χ2n) is 5.00. The van der Waals surface area contributed by atoms with E-state index in [1.165, 1.54) is 6.07 Å². The molecular weight excluding hydrogens is 326 g/mol. The van der Waals surface area contributed by atoms with Gasteiger partial charge >= 0.3 is 0 Å². The van der Waals surface area contributed by atoms with E-state index in [9.17, 15) is 19.7 Å². The third-order valence-electron chi connectivity index (χ3n) is 3.27. The van der Waals surface area contributed by atoms with Crippen LogP contribution in [0.5, 0.6) is 5.75 Å². The van der Waals surface area contributed by atoms with E-state index in [0.29, 0.717) is 29.8 Å². The standard InChI is InChI=1S/C17H17N3O5/c21-11-13-5-1-4-8-16(13)25-12-17(22)19-10-9-18-14-6-2-3-7-15(14)20(23)24/h1-8,11,18H,9-10,12H2,(H,19,22). The maximum Gasteiger partial charge on any atom is 0.292 e. The predicted octanol–water partition coefficient (Wildman–Crippen LogP) is 2.01. The van der Waals surface area contributed by atoms with Gasteiger partial charge < -0.3 is 15.4 Å². The fourth-order valence-corrected chi connectivity index (χ4v) is 2.09. The molecule has 0 radical (unpaired) electrons. The summed E-state index contributed by atoms with van der Waals surface area (Å²) in [5, 5.41) is 16.4. The molecule has 2 rings (SSSR count). The van der Waals surface area contributed by atoms with Crippen molar-refractivity contribution in [2.75, 3.05) is 25.0 Å². The van der Waals surface area contributed by atoms with Crippen LogP contribution in [0.25, 0.3) is 0 Å². The van der Waals surface area contributed by atoms with Crippen LogP contribution in [0.1, 0.15) is 10.4 Å². The number of anilines is 1. The number of rotatable bonds is 9. The summed E-state index contributed by atoms with van der Waals surface area (Å²) < 4.78 is 5.30. The largest absolute Gasteiger partial charge is 0.483 e. The topological polar surface area (TPSA) is 111 Å². The number of ether oxygens (including phenoxy) is 1. The van der Waals surface area contributed by atoms with Gasteiger partial charge in [-0.1, -0.05) is 24.3 Å². The Kier molecular flexibility index (Phi) is 6.47. The van der Waals surface area contributed by atoms with E-state index < -0.39 is 4.92 Å². The van der Waals surface area contributed by atoms with Gasteiger partial charge in [-0.15, -0.1) is 0 Å². The molecule has 0 unspecified atom stereocenters. The number of nitro benzene ring substituents is 1. The fourth-order valence-electron chi connectivity index (χ4n) is 2.09. The monoisotopic (exact) mass is 343 g/mol. The number of carbonyl (C=O) groups is 2. The molecule has 0 aliphatic carbocycles. The van der Waals surface area contributed by atoms with Crippen molar-refractivity contribution < 1.29 is 19.2 Å². The molecule has 0 aliphatic heterocycles. The summed E-state index contributed by atoms with van der Waals surface area (Å²) >= 11 is 0.